The summed E-state index contributed by atoms with van der Waals surface area (Å²) in [6, 6.07) is 5.15. The van der Waals surface area contributed by atoms with Crippen LogP contribution < -0.4 is 0 Å². The largest absolute Gasteiger partial charge is 0.233 e. The van der Waals surface area contributed by atoms with Crippen molar-refractivity contribution in [3.05, 3.63) is 46.9 Å². The van der Waals surface area contributed by atoms with Crippen molar-refractivity contribution in [1.29, 1.82) is 0 Å². The summed E-state index contributed by atoms with van der Waals surface area (Å²) in [6.07, 6.45) is 0. The van der Waals surface area contributed by atoms with Crippen LogP contribution in [0.15, 0.2) is 24.3 Å². The molecule has 1 aromatic heterocycles. The summed E-state index contributed by atoms with van der Waals surface area (Å²) in [7, 11) is 0. The minimum Gasteiger partial charge on any atom is -0.233 e. The lowest BCUT2D eigenvalue weighted by Crippen LogP contribution is -1.99. The van der Waals surface area contributed by atoms with Crippen LogP contribution in [0.1, 0.15) is 25.6 Å². The van der Waals surface area contributed by atoms with Crippen molar-refractivity contribution in [2.45, 2.75) is 19.8 Å². The molecule has 0 radical (unpaired) electrons. The van der Waals surface area contributed by atoms with E-state index in [4.69, 9.17) is 11.6 Å². The van der Waals surface area contributed by atoms with Crippen LogP contribution in [-0.4, -0.2) is 9.97 Å². The van der Waals surface area contributed by atoms with Gasteiger partial charge in [0.15, 0.2) is 11.6 Å². The van der Waals surface area contributed by atoms with Gasteiger partial charge in [-0.15, -0.1) is 0 Å². The van der Waals surface area contributed by atoms with Crippen LogP contribution in [0.25, 0.3) is 11.3 Å². The molecule has 1 heterocycles. The van der Waals surface area contributed by atoms with Crippen molar-refractivity contribution >= 4 is 11.6 Å². The Morgan fingerprint density at radius 2 is 1.78 bits per heavy atom. The molecule has 0 aliphatic heterocycles. The molecule has 0 amide bonds. The van der Waals surface area contributed by atoms with Gasteiger partial charge in [0.05, 0.1) is 5.69 Å². The highest BCUT2D eigenvalue weighted by molar-refractivity contribution is 6.29. The standard InChI is InChI=1S/C13H11ClF2N2/c1-7(2)13-17-11(6-12(14)18-13)8-3-4-9(15)10(16)5-8/h3-7H,1-2H3. The lowest BCUT2D eigenvalue weighted by molar-refractivity contribution is 0.509. The molecular formula is C13H11ClF2N2. The molecular weight excluding hydrogens is 258 g/mol. The molecule has 2 aromatic rings. The SMILES string of the molecule is CC(C)c1nc(Cl)cc(-c2ccc(F)c(F)c2)n1. The predicted molar refractivity (Wildman–Crippen MR) is 66.5 cm³/mol. The number of hydrogen-bond acceptors (Lipinski definition) is 2. The average Bonchev–Trinajstić information content (AvgIpc) is 2.31. The maximum atomic E-state index is 13.2. The predicted octanol–water partition coefficient (Wildman–Crippen LogP) is 4.20. The van der Waals surface area contributed by atoms with Crippen LogP contribution in [0.2, 0.25) is 5.15 Å². The minimum atomic E-state index is -0.909. The second-order valence-corrected chi connectivity index (χ2v) is 4.60. The van der Waals surface area contributed by atoms with E-state index in [9.17, 15) is 8.78 Å². The van der Waals surface area contributed by atoms with Crippen LogP contribution in [0.4, 0.5) is 8.78 Å². The molecule has 0 aliphatic rings. The van der Waals surface area contributed by atoms with E-state index in [0.29, 0.717) is 17.1 Å². The molecule has 0 aliphatic carbocycles. The quantitative estimate of drug-likeness (QED) is 0.763. The second kappa shape index (κ2) is 4.98. The molecule has 5 heteroatoms. The molecule has 0 unspecified atom stereocenters. The van der Waals surface area contributed by atoms with Crippen LogP contribution in [0.5, 0.6) is 0 Å². The van der Waals surface area contributed by atoms with Gasteiger partial charge in [-0.05, 0) is 18.2 Å². The van der Waals surface area contributed by atoms with Crippen molar-refractivity contribution in [2.75, 3.05) is 0 Å². The van der Waals surface area contributed by atoms with Gasteiger partial charge in [0, 0.05) is 17.5 Å². The van der Waals surface area contributed by atoms with Gasteiger partial charge in [0.2, 0.25) is 0 Å². The number of benzene rings is 1. The summed E-state index contributed by atoms with van der Waals surface area (Å²) in [5, 5.41) is 0.286. The maximum Gasteiger partial charge on any atom is 0.159 e. The summed E-state index contributed by atoms with van der Waals surface area (Å²) in [5.74, 6) is -1.12. The van der Waals surface area contributed by atoms with E-state index in [2.05, 4.69) is 9.97 Å². The molecule has 0 spiro atoms. The van der Waals surface area contributed by atoms with E-state index in [1.807, 2.05) is 13.8 Å². The summed E-state index contributed by atoms with van der Waals surface area (Å²) < 4.78 is 26.0. The number of halogens is 3. The topological polar surface area (TPSA) is 25.8 Å². The van der Waals surface area contributed by atoms with Gasteiger partial charge < -0.3 is 0 Å². The lowest BCUT2D eigenvalue weighted by Gasteiger charge is -2.07. The summed E-state index contributed by atoms with van der Waals surface area (Å²) in [4.78, 5) is 8.37. The number of nitrogens with zero attached hydrogens (tertiary/aromatic N) is 2. The molecule has 0 bridgehead atoms. The third kappa shape index (κ3) is 2.64. The molecule has 0 fully saturated rings. The minimum absolute atomic E-state index is 0.104. The Morgan fingerprint density at radius 3 is 2.39 bits per heavy atom. The Balaban J connectivity index is 2.53. The van der Waals surface area contributed by atoms with E-state index in [1.54, 1.807) is 0 Å². The number of rotatable bonds is 2. The zero-order valence-corrected chi connectivity index (χ0v) is 10.7. The van der Waals surface area contributed by atoms with Crippen LogP contribution in [-0.2, 0) is 0 Å². The van der Waals surface area contributed by atoms with Gasteiger partial charge in [-0.25, -0.2) is 18.7 Å². The normalized spacial score (nSPS) is 11.0. The highest BCUT2D eigenvalue weighted by Crippen LogP contribution is 2.23. The molecule has 0 saturated heterocycles. The lowest BCUT2D eigenvalue weighted by atomic mass is 10.1. The molecule has 2 nitrogen and oxygen atoms in total. The van der Waals surface area contributed by atoms with E-state index >= 15 is 0 Å². The van der Waals surface area contributed by atoms with Gasteiger partial charge in [0.25, 0.3) is 0 Å². The van der Waals surface area contributed by atoms with E-state index in [1.165, 1.54) is 12.1 Å². The first kappa shape index (κ1) is 12.9. The first-order chi connectivity index (χ1) is 8.47. The Labute approximate surface area is 109 Å². The fourth-order valence-corrected chi connectivity index (χ4v) is 1.69. The molecule has 2 rings (SSSR count). The van der Waals surface area contributed by atoms with Crippen molar-refractivity contribution in [1.82, 2.24) is 9.97 Å². The van der Waals surface area contributed by atoms with Crippen LogP contribution >= 0.6 is 11.6 Å². The van der Waals surface area contributed by atoms with E-state index < -0.39 is 11.6 Å². The molecule has 0 saturated carbocycles. The van der Waals surface area contributed by atoms with Gasteiger partial charge in [-0.1, -0.05) is 25.4 Å². The first-order valence-electron chi connectivity index (χ1n) is 5.47. The highest BCUT2D eigenvalue weighted by atomic mass is 35.5. The Bertz CT molecular complexity index is 585. The third-order valence-corrected chi connectivity index (χ3v) is 2.64. The van der Waals surface area contributed by atoms with E-state index in [0.717, 1.165) is 12.1 Å². The third-order valence-electron chi connectivity index (χ3n) is 2.44. The number of aromatic nitrogens is 2. The smallest absolute Gasteiger partial charge is 0.159 e. The fourth-order valence-electron chi connectivity index (χ4n) is 1.50. The Morgan fingerprint density at radius 1 is 1.06 bits per heavy atom. The Kier molecular flexibility index (Phi) is 3.57. The summed E-state index contributed by atoms with van der Waals surface area (Å²) in [5.41, 5.74) is 0.956. The molecule has 0 N–H and O–H groups in total. The first-order valence-corrected chi connectivity index (χ1v) is 5.85. The van der Waals surface area contributed by atoms with Gasteiger partial charge >= 0.3 is 0 Å². The average molecular weight is 269 g/mol. The summed E-state index contributed by atoms with van der Waals surface area (Å²) >= 11 is 5.90. The van der Waals surface area contributed by atoms with Crippen molar-refractivity contribution in [2.24, 2.45) is 0 Å². The maximum absolute atomic E-state index is 13.2. The zero-order valence-electron chi connectivity index (χ0n) is 9.92. The van der Waals surface area contributed by atoms with Crippen molar-refractivity contribution < 1.29 is 8.78 Å². The van der Waals surface area contributed by atoms with Gasteiger partial charge in [0.1, 0.15) is 11.0 Å². The van der Waals surface area contributed by atoms with Crippen LogP contribution in [0.3, 0.4) is 0 Å². The summed E-state index contributed by atoms with van der Waals surface area (Å²) in [6.45, 7) is 3.86. The van der Waals surface area contributed by atoms with Crippen molar-refractivity contribution in [3.63, 3.8) is 0 Å². The zero-order chi connectivity index (χ0) is 13.3. The Hall–Kier alpha value is -1.55. The number of hydrogen-bond donors (Lipinski definition) is 0. The molecule has 18 heavy (non-hydrogen) atoms. The molecule has 1 aromatic carbocycles. The van der Waals surface area contributed by atoms with Gasteiger partial charge in [-0.3, -0.25) is 0 Å². The van der Waals surface area contributed by atoms with Crippen LogP contribution in [0, 0.1) is 11.6 Å². The van der Waals surface area contributed by atoms with Crippen molar-refractivity contribution in [3.8, 4) is 11.3 Å². The van der Waals surface area contributed by atoms with E-state index in [-0.39, 0.29) is 11.1 Å². The highest BCUT2D eigenvalue weighted by Gasteiger charge is 2.10. The molecule has 0 atom stereocenters. The van der Waals surface area contributed by atoms with Gasteiger partial charge in [-0.2, -0.15) is 0 Å². The molecule has 94 valence electrons. The second-order valence-electron chi connectivity index (χ2n) is 4.22. The monoisotopic (exact) mass is 268 g/mol. The fraction of sp³-hybridized carbons (Fsp3) is 0.231.